The van der Waals surface area contributed by atoms with Crippen LogP contribution < -0.4 is 4.72 Å². The van der Waals surface area contributed by atoms with Gasteiger partial charge in [0.1, 0.15) is 0 Å². The Labute approximate surface area is 120 Å². The monoisotopic (exact) mass is 321 g/mol. The van der Waals surface area contributed by atoms with E-state index in [-0.39, 0.29) is 10.6 Å². The minimum atomic E-state index is -3.60. The number of benzene rings is 1. The molecule has 0 aromatic heterocycles. The summed E-state index contributed by atoms with van der Waals surface area (Å²) in [5.41, 5.74) is -0.138. The van der Waals surface area contributed by atoms with E-state index in [4.69, 9.17) is 0 Å². The second kappa shape index (κ2) is 7.73. The van der Waals surface area contributed by atoms with E-state index in [0.29, 0.717) is 12.3 Å². The Kier molecular flexibility index (Phi) is 6.63. The molecule has 0 heterocycles. The quantitative estimate of drug-likeness (QED) is 0.341. The fraction of sp³-hybridized carbons (Fsp3) is 0.300. The third kappa shape index (κ3) is 5.39. The highest BCUT2D eigenvalue weighted by Crippen LogP contribution is 2.19. The summed E-state index contributed by atoms with van der Waals surface area (Å²) in [6.07, 6.45) is 0. The molecule has 0 bridgehead atoms. The van der Waals surface area contributed by atoms with Crippen LogP contribution in [-0.2, 0) is 10.0 Å². The molecule has 0 unspecified atom stereocenters. The molecule has 0 fully saturated rings. The van der Waals surface area contributed by atoms with Crippen LogP contribution in [-0.4, -0.2) is 31.4 Å². The number of nitro benzene ring substituents is 1. The molecule has 0 aliphatic heterocycles. The first kappa shape index (κ1) is 16.3. The fourth-order valence-electron chi connectivity index (χ4n) is 1.17. The second-order valence-electron chi connectivity index (χ2n) is 3.29. The second-order valence-corrected chi connectivity index (χ2v) is 7.76. The summed E-state index contributed by atoms with van der Waals surface area (Å²) >= 11 is 0. The van der Waals surface area contributed by atoms with Gasteiger partial charge in [0.2, 0.25) is 10.0 Å². The molecule has 6 nitrogen and oxygen atoms in total. The summed E-state index contributed by atoms with van der Waals surface area (Å²) in [5, 5.41) is 10.5. The van der Waals surface area contributed by atoms with Crippen molar-refractivity contribution in [2.24, 2.45) is 0 Å². The minimum Gasteiger partial charge on any atom is -0.258 e. The van der Waals surface area contributed by atoms with Crippen LogP contribution >= 0.6 is 21.6 Å². The lowest BCUT2D eigenvalue weighted by Gasteiger charge is -2.05. The van der Waals surface area contributed by atoms with E-state index in [1.807, 2.05) is 0 Å². The summed E-state index contributed by atoms with van der Waals surface area (Å²) in [6.45, 7) is 3.95. The molecule has 0 atom stereocenters. The van der Waals surface area contributed by atoms with Gasteiger partial charge >= 0.3 is 0 Å². The molecule has 1 aromatic carbocycles. The number of nitrogens with zero attached hydrogens (tertiary/aromatic N) is 1. The first-order valence-corrected chi connectivity index (χ1v) is 9.22. The van der Waals surface area contributed by atoms with Gasteiger partial charge in [-0.15, -0.1) is 0 Å². The van der Waals surface area contributed by atoms with Crippen molar-refractivity contribution in [1.29, 1.82) is 0 Å². The standard InChI is InChI=1S/C10H13N2O4S3/c1-2-17-18-8-7-11-19(15,16)10-5-3-9(4-6-10)12(13)14/h3-6,11H,1-2,7-8H2. The van der Waals surface area contributed by atoms with Crippen LogP contribution in [0.3, 0.4) is 0 Å². The topological polar surface area (TPSA) is 89.3 Å². The molecule has 1 aromatic rings. The predicted octanol–water partition coefficient (Wildman–Crippen LogP) is 2.09. The van der Waals surface area contributed by atoms with Gasteiger partial charge in [-0.1, -0.05) is 21.6 Å². The molecule has 0 aliphatic rings. The molecule has 1 N–H and O–H groups in total. The molecule has 0 saturated heterocycles. The number of nitro groups is 1. The summed E-state index contributed by atoms with van der Waals surface area (Å²) < 4.78 is 26.1. The molecular formula is C10H13N2O4S3. The smallest absolute Gasteiger partial charge is 0.258 e. The van der Waals surface area contributed by atoms with Crippen LogP contribution in [0.1, 0.15) is 0 Å². The highest BCUT2D eigenvalue weighted by Gasteiger charge is 2.14. The van der Waals surface area contributed by atoms with Gasteiger partial charge in [-0.3, -0.25) is 10.1 Å². The zero-order valence-corrected chi connectivity index (χ0v) is 12.4. The zero-order chi connectivity index (χ0) is 14.3. The van der Waals surface area contributed by atoms with Crippen molar-refractivity contribution >= 4 is 37.3 Å². The van der Waals surface area contributed by atoms with E-state index in [0.717, 1.165) is 5.75 Å². The van der Waals surface area contributed by atoms with Crippen molar-refractivity contribution in [1.82, 2.24) is 4.72 Å². The van der Waals surface area contributed by atoms with Gasteiger partial charge in [0.05, 0.1) is 9.82 Å². The third-order valence-electron chi connectivity index (χ3n) is 2.00. The van der Waals surface area contributed by atoms with Crippen LogP contribution in [0.4, 0.5) is 5.69 Å². The van der Waals surface area contributed by atoms with E-state index in [1.165, 1.54) is 35.1 Å². The van der Waals surface area contributed by atoms with Gasteiger partial charge in [0, 0.05) is 30.2 Å². The number of non-ortho nitro benzene ring substituents is 1. The van der Waals surface area contributed by atoms with E-state index in [9.17, 15) is 18.5 Å². The van der Waals surface area contributed by atoms with Gasteiger partial charge < -0.3 is 0 Å². The summed E-state index contributed by atoms with van der Waals surface area (Å²) in [5.74, 6) is 1.35. The summed E-state index contributed by atoms with van der Waals surface area (Å²) in [7, 11) is -0.512. The van der Waals surface area contributed by atoms with Crippen molar-refractivity contribution in [3.63, 3.8) is 0 Å². The van der Waals surface area contributed by atoms with Crippen LogP contribution in [0.5, 0.6) is 0 Å². The fourth-order valence-corrected chi connectivity index (χ4v) is 3.71. The highest BCUT2D eigenvalue weighted by atomic mass is 33.1. The SMILES string of the molecule is [CH2]CSSCCNS(=O)(=O)c1ccc([N+](=O)[O-])cc1. The Hall–Kier alpha value is -0.770. The number of hydrogen-bond donors (Lipinski definition) is 1. The highest BCUT2D eigenvalue weighted by molar-refractivity contribution is 8.76. The van der Waals surface area contributed by atoms with Gasteiger partial charge in [-0.05, 0) is 19.1 Å². The Morgan fingerprint density at radius 1 is 1.26 bits per heavy atom. The maximum Gasteiger partial charge on any atom is 0.269 e. The number of hydrogen-bond acceptors (Lipinski definition) is 6. The summed E-state index contributed by atoms with van der Waals surface area (Å²) in [6, 6.07) is 4.78. The Morgan fingerprint density at radius 2 is 1.89 bits per heavy atom. The van der Waals surface area contributed by atoms with Gasteiger partial charge in [0.15, 0.2) is 0 Å². The van der Waals surface area contributed by atoms with Crippen molar-refractivity contribution < 1.29 is 13.3 Å². The van der Waals surface area contributed by atoms with Crippen LogP contribution in [0.15, 0.2) is 29.2 Å². The zero-order valence-electron chi connectivity index (χ0n) is 9.94. The molecule has 0 aliphatic carbocycles. The molecule has 1 rings (SSSR count). The van der Waals surface area contributed by atoms with E-state index < -0.39 is 14.9 Å². The molecular weight excluding hydrogens is 308 g/mol. The molecule has 0 amide bonds. The average molecular weight is 321 g/mol. The van der Waals surface area contributed by atoms with Gasteiger partial charge in [-0.25, -0.2) is 13.1 Å². The van der Waals surface area contributed by atoms with E-state index in [1.54, 1.807) is 10.8 Å². The third-order valence-corrected chi connectivity index (χ3v) is 5.68. The van der Waals surface area contributed by atoms with E-state index >= 15 is 0 Å². The molecule has 105 valence electrons. The summed E-state index contributed by atoms with van der Waals surface area (Å²) in [4.78, 5) is 9.91. The van der Waals surface area contributed by atoms with Crippen LogP contribution in [0.25, 0.3) is 0 Å². The van der Waals surface area contributed by atoms with Crippen molar-refractivity contribution in [2.75, 3.05) is 18.1 Å². The molecule has 9 heteroatoms. The van der Waals surface area contributed by atoms with Crippen LogP contribution in [0.2, 0.25) is 0 Å². The van der Waals surface area contributed by atoms with Crippen molar-refractivity contribution in [3.8, 4) is 0 Å². The number of nitrogens with one attached hydrogen (secondary N) is 1. The molecule has 1 radical (unpaired) electrons. The van der Waals surface area contributed by atoms with Crippen molar-refractivity contribution in [3.05, 3.63) is 41.3 Å². The predicted molar refractivity (Wildman–Crippen MR) is 78.6 cm³/mol. The Bertz CT molecular complexity index is 516. The average Bonchev–Trinajstić information content (AvgIpc) is 2.38. The minimum absolute atomic E-state index is 0.0212. The Morgan fingerprint density at radius 3 is 2.42 bits per heavy atom. The molecule has 0 spiro atoms. The first-order valence-electron chi connectivity index (χ1n) is 5.25. The van der Waals surface area contributed by atoms with Gasteiger partial charge in [0.25, 0.3) is 5.69 Å². The maximum atomic E-state index is 11.8. The lowest BCUT2D eigenvalue weighted by Crippen LogP contribution is -2.25. The molecule has 0 saturated carbocycles. The van der Waals surface area contributed by atoms with Gasteiger partial charge in [-0.2, -0.15) is 0 Å². The first-order chi connectivity index (χ1) is 8.97. The van der Waals surface area contributed by atoms with Crippen molar-refractivity contribution in [2.45, 2.75) is 4.90 Å². The van der Waals surface area contributed by atoms with Crippen LogP contribution in [0, 0.1) is 17.0 Å². The van der Waals surface area contributed by atoms with E-state index in [2.05, 4.69) is 11.6 Å². The normalized spacial score (nSPS) is 11.4. The number of sulfonamides is 1. The lowest BCUT2D eigenvalue weighted by atomic mass is 10.3. The maximum absolute atomic E-state index is 11.8. The molecule has 19 heavy (non-hydrogen) atoms. The Balaban J connectivity index is 2.59. The number of rotatable bonds is 8. The largest absolute Gasteiger partial charge is 0.269 e. The lowest BCUT2D eigenvalue weighted by molar-refractivity contribution is -0.384.